The summed E-state index contributed by atoms with van der Waals surface area (Å²) in [5, 5.41) is 20.9. The topological polar surface area (TPSA) is 63.3 Å². The summed E-state index contributed by atoms with van der Waals surface area (Å²) in [6, 6.07) is 3.52. The first kappa shape index (κ1) is 11.3. The van der Waals surface area contributed by atoms with Crippen LogP contribution in [0.4, 0.5) is 0 Å². The number of nitrogens with zero attached hydrogens (tertiary/aromatic N) is 4. The lowest BCUT2D eigenvalue weighted by molar-refractivity contribution is 0.468. The molecule has 5 nitrogen and oxygen atoms in total. The first-order chi connectivity index (χ1) is 7.66. The van der Waals surface area contributed by atoms with Gasteiger partial charge in [-0.3, -0.25) is 0 Å². The molecule has 1 N–H and O–H groups in total. The molecule has 0 aliphatic rings. The van der Waals surface area contributed by atoms with Crippen LogP contribution in [0, 0.1) is 0 Å². The fourth-order valence-electron chi connectivity index (χ4n) is 1.05. The molecule has 1 aromatic heterocycles. The van der Waals surface area contributed by atoms with E-state index in [-0.39, 0.29) is 5.75 Å². The third kappa shape index (κ3) is 2.48. The Morgan fingerprint density at radius 3 is 2.31 bits per heavy atom. The van der Waals surface area contributed by atoms with Gasteiger partial charge in [-0.25, -0.2) is 4.68 Å². The molecular weight excluding hydrogens is 340 g/mol. The first-order valence-electron chi connectivity index (χ1n) is 4.24. The molecule has 0 spiro atoms. The highest BCUT2D eigenvalue weighted by Crippen LogP contribution is 2.32. The zero-order valence-electron chi connectivity index (χ0n) is 7.88. The number of hydrogen-bond donors (Lipinski definition) is 1. The molecule has 0 aliphatic carbocycles. The van der Waals surface area contributed by atoms with E-state index in [1.54, 1.807) is 18.3 Å². The monoisotopic (exact) mass is 344 g/mol. The van der Waals surface area contributed by atoms with Crippen molar-refractivity contribution in [1.82, 2.24) is 14.9 Å². The van der Waals surface area contributed by atoms with Crippen LogP contribution in [0.1, 0.15) is 5.56 Å². The maximum atomic E-state index is 9.52. The molecule has 0 aliphatic heterocycles. The molecule has 0 fully saturated rings. The maximum Gasteiger partial charge on any atom is 0.143 e. The van der Waals surface area contributed by atoms with Crippen LogP contribution in [0.15, 0.2) is 38.8 Å². The number of aromatic nitrogens is 3. The van der Waals surface area contributed by atoms with Crippen molar-refractivity contribution in [3.63, 3.8) is 0 Å². The van der Waals surface area contributed by atoms with Crippen molar-refractivity contribution in [2.45, 2.75) is 0 Å². The van der Waals surface area contributed by atoms with Gasteiger partial charge in [0, 0.05) is 0 Å². The van der Waals surface area contributed by atoms with Crippen molar-refractivity contribution in [1.29, 1.82) is 0 Å². The second kappa shape index (κ2) is 4.75. The first-order valence-corrected chi connectivity index (χ1v) is 5.82. The minimum absolute atomic E-state index is 0.168. The van der Waals surface area contributed by atoms with Crippen LogP contribution in [0.25, 0.3) is 0 Å². The Morgan fingerprint density at radius 2 is 1.75 bits per heavy atom. The minimum Gasteiger partial charge on any atom is -0.506 e. The van der Waals surface area contributed by atoms with Crippen LogP contribution in [-0.2, 0) is 0 Å². The molecule has 0 saturated carbocycles. The Hall–Kier alpha value is -1.21. The molecule has 1 heterocycles. The van der Waals surface area contributed by atoms with E-state index in [0.29, 0.717) is 8.95 Å². The summed E-state index contributed by atoms with van der Waals surface area (Å²) in [4.78, 5) is 0. The molecular formula is C9H6Br2N4O. The van der Waals surface area contributed by atoms with E-state index in [1.165, 1.54) is 17.3 Å². The second-order valence-electron chi connectivity index (χ2n) is 2.92. The van der Waals surface area contributed by atoms with Crippen molar-refractivity contribution < 1.29 is 5.11 Å². The van der Waals surface area contributed by atoms with Gasteiger partial charge in [-0.05, 0) is 49.6 Å². The third-order valence-electron chi connectivity index (χ3n) is 1.79. The molecule has 0 bridgehead atoms. The van der Waals surface area contributed by atoms with Crippen LogP contribution >= 0.6 is 31.9 Å². The van der Waals surface area contributed by atoms with E-state index in [4.69, 9.17) is 0 Å². The number of rotatable bonds is 2. The molecule has 0 unspecified atom stereocenters. The summed E-state index contributed by atoms with van der Waals surface area (Å²) in [6.45, 7) is 0. The van der Waals surface area contributed by atoms with Crippen molar-refractivity contribution in [2.75, 3.05) is 0 Å². The fraction of sp³-hybridized carbons (Fsp3) is 0. The molecule has 1 aromatic carbocycles. The van der Waals surface area contributed by atoms with E-state index in [2.05, 4.69) is 47.2 Å². The van der Waals surface area contributed by atoms with Crippen LogP contribution in [-0.4, -0.2) is 26.2 Å². The molecule has 2 aromatic rings. The molecule has 16 heavy (non-hydrogen) atoms. The summed E-state index contributed by atoms with van der Waals surface area (Å²) in [5.41, 5.74) is 0.838. The van der Waals surface area contributed by atoms with E-state index in [9.17, 15) is 5.11 Å². The smallest absolute Gasteiger partial charge is 0.143 e. The lowest BCUT2D eigenvalue weighted by Crippen LogP contribution is -1.88. The summed E-state index contributed by atoms with van der Waals surface area (Å²) in [6.07, 6.45) is 4.61. The Kier molecular flexibility index (Phi) is 3.35. The van der Waals surface area contributed by atoms with Crippen molar-refractivity contribution in [3.05, 3.63) is 39.3 Å². The largest absolute Gasteiger partial charge is 0.506 e. The number of benzene rings is 1. The highest BCUT2D eigenvalue weighted by Gasteiger charge is 2.04. The van der Waals surface area contributed by atoms with Gasteiger partial charge in [-0.1, -0.05) is 0 Å². The molecule has 2 rings (SSSR count). The normalized spacial score (nSPS) is 11.1. The van der Waals surface area contributed by atoms with Gasteiger partial charge in [0.2, 0.25) is 0 Å². The number of phenols is 1. The van der Waals surface area contributed by atoms with Crippen LogP contribution < -0.4 is 0 Å². The average molecular weight is 346 g/mol. The van der Waals surface area contributed by atoms with E-state index < -0.39 is 0 Å². The number of hydrogen-bond acceptors (Lipinski definition) is 4. The predicted octanol–water partition coefficient (Wildman–Crippen LogP) is 2.39. The second-order valence-corrected chi connectivity index (χ2v) is 4.63. The quantitative estimate of drug-likeness (QED) is 0.850. The zero-order valence-corrected chi connectivity index (χ0v) is 11.1. The van der Waals surface area contributed by atoms with Gasteiger partial charge in [0.15, 0.2) is 0 Å². The lowest BCUT2D eigenvalue weighted by atomic mass is 10.2. The molecule has 0 saturated heterocycles. The Morgan fingerprint density at radius 1 is 1.19 bits per heavy atom. The lowest BCUT2D eigenvalue weighted by Gasteiger charge is -2.01. The average Bonchev–Trinajstić information content (AvgIpc) is 2.75. The molecule has 0 radical (unpaired) electrons. The van der Waals surface area contributed by atoms with Gasteiger partial charge in [0.25, 0.3) is 0 Å². The minimum atomic E-state index is 0.168. The fourth-order valence-corrected chi connectivity index (χ4v) is 2.27. The van der Waals surface area contributed by atoms with Gasteiger partial charge >= 0.3 is 0 Å². The van der Waals surface area contributed by atoms with Gasteiger partial charge in [0.05, 0.1) is 15.2 Å². The molecule has 82 valence electrons. The summed E-state index contributed by atoms with van der Waals surface area (Å²) in [7, 11) is 0. The number of aromatic hydroxyl groups is 1. The Bertz CT molecular complexity index is 501. The standard InChI is InChI=1S/C9H6Br2N4O/c10-7-1-6(2-8(11)9(7)16)3-14-15-4-12-13-5-15/h1-5,16H/b14-3-. The molecule has 7 heteroatoms. The molecule has 0 atom stereocenters. The van der Waals surface area contributed by atoms with E-state index in [0.717, 1.165) is 5.56 Å². The van der Waals surface area contributed by atoms with Crippen LogP contribution in [0.3, 0.4) is 0 Å². The van der Waals surface area contributed by atoms with E-state index >= 15 is 0 Å². The van der Waals surface area contributed by atoms with Crippen molar-refractivity contribution in [3.8, 4) is 5.75 Å². The third-order valence-corrected chi connectivity index (χ3v) is 2.99. The zero-order chi connectivity index (χ0) is 11.5. The highest BCUT2D eigenvalue weighted by molar-refractivity contribution is 9.11. The summed E-state index contributed by atoms with van der Waals surface area (Å²) < 4.78 is 2.69. The summed E-state index contributed by atoms with van der Waals surface area (Å²) >= 11 is 6.48. The Labute approximate surface area is 108 Å². The van der Waals surface area contributed by atoms with Crippen molar-refractivity contribution in [2.24, 2.45) is 5.10 Å². The predicted molar refractivity (Wildman–Crippen MR) is 66.5 cm³/mol. The Balaban J connectivity index is 2.29. The molecule has 0 amide bonds. The number of halogens is 2. The SMILES string of the molecule is Oc1c(Br)cc(/C=N\n2cnnc2)cc1Br. The highest BCUT2D eigenvalue weighted by atomic mass is 79.9. The number of phenolic OH excluding ortho intramolecular Hbond substituents is 1. The summed E-state index contributed by atoms with van der Waals surface area (Å²) in [5.74, 6) is 0.168. The van der Waals surface area contributed by atoms with Gasteiger partial charge < -0.3 is 5.11 Å². The van der Waals surface area contributed by atoms with Crippen LogP contribution in [0.5, 0.6) is 5.75 Å². The van der Waals surface area contributed by atoms with Gasteiger partial charge in [-0.2, -0.15) is 5.10 Å². The van der Waals surface area contributed by atoms with Gasteiger partial charge in [0.1, 0.15) is 18.4 Å². The van der Waals surface area contributed by atoms with Crippen molar-refractivity contribution >= 4 is 38.1 Å². The maximum absolute atomic E-state index is 9.52. The van der Waals surface area contributed by atoms with Gasteiger partial charge in [-0.15, -0.1) is 10.2 Å². The van der Waals surface area contributed by atoms with Crippen LogP contribution in [0.2, 0.25) is 0 Å². The van der Waals surface area contributed by atoms with E-state index in [1.807, 2.05) is 0 Å².